The lowest BCUT2D eigenvalue weighted by Gasteiger charge is -2.36. The van der Waals surface area contributed by atoms with Crippen LogP contribution in [0.15, 0.2) is 47.4 Å². The molecule has 3 rings (SSSR count). The zero-order valence-corrected chi connectivity index (χ0v) is 15.8. The lowest BCUT2D eigenvalue weighted by atomic mass is 10.1. The van der Waals surface area contributed by atoms with Gasteiger partial charge in [0.05, 0.1) is 17.7 Å². The summed E-state index contributed by atoms with van der Waals surface area (Å²) in [5, 5.41) is 0.421. The summed E-state index contributed by atoms with van der Waals surface area (Å²) in [6, 6.07) is 12.4. The van der Waals surface area contributed by atoms with E-state index in [2.05, 4.69) is 11.0 Å². The van der Waals surface area contributed by atoms with E-state index in [-0.39, 0.29) is 4.90 Å². The minimum atomic E-state index is -3.52. The third-order valence-electron chi connectivity index (χ3n) is 4.35. The van der Waals surface area contributed by atoms with Gasteiger partial charge in [-0.25, -0.2) is 8.42 Å². The molecule has 0 atom stereocenters. The fourth-order valence-corrected chi connectivity index (χ4v) is 4.72. The van der Waals surface area contributed by atoms with E-state index in [4.69, 9.17) is 16.3 Å². The van der Waals surface area contributed by atoms with Crippen molar-refractivity contribution in [3.8, 4) is 5.75 Å². The second-order valence-corrected chi connectivity index (χ2v) is 8.40. The molecule has 0 N–H and O–H groups in total. The summed E-state index contributed by atoms with van der Waals surface area (Å²) in [6.45, 7) is 4.10. The first-order valence-electron chi connectivity index (χ1n) is 8.07. The standard InChI is InChI=1S/C18H21ClN2O3S/c1-14-6-7-18(24-2)17(12-14)20-8-10-21(11-9-20)25(22,23)16-5-3-4-15(19)13-16/h3-7,12-13H,8-11H2,1-2H3. The third-order valence-corrected chi connectivity index (χ3v) is 6.48. The largest absolute Gasteiger partial charge is 0.495 e. The van der Waals surface area contributed by atoms with Crippen molar-refractivity contribution in [2.45, 2.75) is 11.8 Å². The van der Waals surface area contributed by atoms with Gasteiger partial charge in [0.1, 0.15) is 5.75 Å². The number of rotatable bonds is 4. The van der Waals surface area contributed by atoms with Crippen LogP contribution in [-0.4, -0.2) is 46.0 Å². The Bertz CT molecular complexity index is 862. The van der Waals surface area contributed by atoms with Gasteiger partial charge in [-0.1, -0.05) is 23.7 Å². The zero-order valence-electron chi connectivity index (χ0n) is 14.3. The SMILES string of the molecule is COc1ccc(C)cc1N1CCN(S(=O)(=O)c2cccc(Cl)c2)CC1. The van der Waals surface area contributed by atoms with E-state index in [9.17, 15) is 8.42 Å². The molecule has 0 radical (unpaired) electrons. The van der Waals surface area contributed by atoms with Crippen LogP contribution in [0.3, 0.4) is 0 Å². The predicted molar refractivity (Wildman–Crippen MR) is 100 cm³/mol. The topological polar surface area (TPSA) is 49.9 Å². The highest BCUT2D eigenvalue weighted by molar-refractivity contribution is 7.89. The molecular weight excluding hydrogens is 360 g/mol. The molecule has 2 aromatic carbocycles. The van der Waals surface area contributed by atoms with Crippen molar-refractivity contribution in [1.29, 1.82) is 0 Å². The maximum absolute atomic E-state index is 12.8. The van der Waals surface area contributed by atoms with Crippen LogP contribution in [0.25, 0.3) is 0 Å². The first-order chi connectivity index (χ1) is 11.9. The van der Waals surface area contributed by atoms with Crippen molar-refractivity contribution in [3.63, 3.8) is 0 Å². The molecule has 5 nitrogen and oxygen atoms in total. The lowest BCUT2D eigenvalue weighted by molar-refractivity contribution is 0.378. The van der Waals surface area contributed by atoms with Crippen molar-refractivity contribution in [2.24, 2.45) is 0 Å². The Labute approximate surface area is 153 Å². The van der Waals surface area contributed by atoms with Gasteiger partial charge in [-0.15, -0.1) is 0 Å². The van der Waals surface area contributed by atoms with E-state index in [1.807, 2.05) is 19.1 Å². The molecule has 0 spiro atoms. The number of methoxy groups -OCH3 is 1. The van der Waals surface area contributed by atoms with Gasteiger partial charge in [-0.3, -0.25) is 0 Å². The van der Waals surface area contributed by atoms with E-state index >= 15 is 0 Å². The quantitative estimate of drug-likeness (QED) is 0.817. The van der Waals surface area contributed by atoms with Crippen molar-refractivity contribution in [3.05, 3.63) is 53.1 Å². The molecule has 1 fully saturated rings. The van der Waals surface area contributed by atoms with Crippen molar-refractivity contribution in [2.75, 3.05) is 38.2 Å². The Morgan fingerprint density at radius 1 is 1.04 bits per heavy atom. The molecule has 0 bridgehead atoms. The molecule has 0 aromatic heterocycles. The Morgan fingerprint density at radius 2 is 1.76 bits per heavy atom. The summed E-state index contributed by atoms with van der Waals surface area (Å²) < 4.78 is 32.5. The second kappa shape index (κ2) is 7.23. The second-order valence-electron chi connectivity index (χ2n) is 6.02. The Morgan fingerprint density at radius 3 is 2.40 bits per heavy atom. The summed E-state index contributed by atoms with van der Waals surface area (Å²) in [5.74, 6) is 0.803. The molecule has 134 valence electrons. The summed E-state index contributed by atoms with van der Waals surface area (Å²) in [5.41, 5.74) is 2.15. The molecule has 2 aromatic rings. The Balaban J connectivity index is 1.77. The van der Waals surface area contributed by atoms with Crippen LogP contribution >= 0.6 is 11.6 Å². The molecule has 0 aliphatic carbocycles. The molecule has 1 saturated heterocycles. The Hall–Kier alpha value is -1.76. The molecular formula is C18H21ClN2O3S. The van der Waals surface area contributed by atoms with Gasteiger partial charge < -0.3 is 9.64 Å². The molecule has 7 heteroatoms. The number of hydrogen-bond donors (Lipinski definition) is 0. The van der Waals surface area contributed by atoms with E-state index in [0.29, 0.717) is 31.2 Å². The minimum absolute atomic E-state index is 0.238. The van der Waals surface area contributed by atoms with Crippen LogP contribution < -0.4 is 9.64 Å². The van der Waals surface area contributed by atoms with Gasteiger partial charge in [0.15, 0.2) is 0 Å². The van der Waals surface area contributed by atoms with E-state index in [0.717, 1.165) is 17.0 Å². The third kappa shape index (κ3) is 3.76. The van der Waals surface area contributed by atoms with Crippen LogP contribution in [0.2, 0.25) is 5.02 Å². The maximum Gasteiger partial charge on any atom is 0.243 e. The number of nitrogens with zero attached hydrogens (tertiary/aromatic N) is 2. The maximum atomic E-state index is 12.8. The normalized spacial score (nSPS) is 16.0. The van der Waals surface area contributed by atoms with E-state index in [1.165, 1.54) is 10.4 Å². The van der Waals surface area contributed by atoms with Crippen LogP contribution in [-0.2, 0) is 10.0 Å². The van der Waals surface area contributed by atoms with Gasteiger partial charge in [0.2, 0.25) is 10.0 Å². The lowest BCUT2D eigenvalue weighted by Crippen LogP contribution is -2.48. The van der Waals surface area contributed by atoms with Crippen molar-refractivity contribution >= 4 is 27.3 Å². The summed E-state index contributed by atoms with van der Waals surface area (Å²) in [6.07, 6.45) is 0. The van der Waals surface area contributed by atoms with Crippen molar-refractivity contribution in [1.82, 2.24) is 4.31 Å². The number of aryl methyl sites for hydroxylation is 1. The molecule has 1 aliphatic rings. The molecule has 0 amide bonds. The summed E-state index contributed by atoms with van der Waals surface area (Å²) >= 11 is 5.94. The van der Waals surface area contributed by atoms with Gasteiger partial charge in [0.25, 0.3) is 0 Å². The predicted octanol–water partition coefficient (Wildman–Crippen LogP) is 3.17. The van der Waals surface area contributed by atoms with E-state index < -0.39 is 10.0 Å². The number of benzene rings is 2. The van der Waals surface area contributed by atoms with Crippen molar-refractivity contribution < 1.29 is 13.2 Å². The average Bonchev–Trinajstić information content (AvgIpc) is 2.62. The number of hydrogen-bond acceptors (Lipinski definition) is 4. The van der Waals surface area contributed by atoms with Gasteiger partial charge in [0, 0.05) is 31.2 Å². The fraction of sp³-hybridized carbons (Fsp3) is 0.333. The molecule has 0 unspecified atom stereocenters. The fourth-order valence-electron chi connectivity index (χ4n) is 2.99. The molecule has 1 heterocycles. The highest BCUT2D eigenvalue weighted by Crippen LogP contribution is 2.31. The van der Waals surface area contributed by atoms with Gasteiger partial charge in [-0.2, -0.15) is 4.31 Å². The van der Waals surface area contributed by atoms with Crippen LogP contribution in [0.1, 0.15) is 5.56 Å². The smallest absolute Gasteiger partial charge is 0.243 e. The highest BCUT2D eigenvalue weighted by atomic mass is 35.5. The number of halogens is 1. The molecule has 1 aliphatic heterocycles. The molecule has 25 heavy (non-hydrogen) atoms. The van der Waals surface area contributed by atoms with Crippen LogP contribution in [0.4, 0.5) is 5.69 Å². The number of ether oxygens (including phenoxy) is 1. The number of sulfonamides is 1. The zero-order chi connectivity index (χ0) is 18.0. The molecule has 0 saturated carbocycles. The van der Waals surface area contributed by atoms with Gasteiger partial charge >= 0.3 is 0 Å². The first kappa shape index (κ1) is 18.0. The monoisotopic (exact) mass is 380 g/mol. The summed E-state index contributed by atoms with van der Waals surface area (Å²) in [4.78, 5) is 2.40. The van der Waals surface area contributed by atoms with Crippen LogP contribution in [0, 0.1) is 6.92 Å². The minimum Gasteiger partial charge on any atom is -0.495 e. The first-order valence-corrected chi connectivity index (χ1v) is 9.89. The number of anilines is 1. The van der Waals surface area contributed by atoms with Crippen LogP contribution in [0.5, 0.6) is 5.75 Å². The van der Waals surface area contributed by atoms with E-state index in [1.54, 1.807) is 25.3 Å². The summed E-state index contributed by atoms with van der Waals surface area (Å²) in [7, 11) is -1.88. The average molecular weight is 381 g/mol. The number of piperazine rings is 1. The van der Waals surface area contributed by atoms with Gasteiger partial charge in [-0.05, 0) is 42.8 Å². The highest BCUT2D eigenvalue weighted by Gasteiger charge is 2.29. The Kier molecular flexibility index (Phi) is 5.22.